The number of alkyl carbamates (subject to hydrolysis) is 1. The minimum Gasteiger partial charge on any atom is -0.480 e. The number of fused-ring (bicyclic) bond motifs is 3. The summed E-state index contributed by atoms with van der Waals surface area (Å²) in [5.41, 5.74) is 3.89. The Labute approximate surface area is 181 Å². The van der Waals surface area contributed by atoms with Crippen LogP contribution < -0.4 is 5.32 Å². The van der Waals surface area contributed by atoms with E-state index in [0.29, 0.717) is 19.6 Å². The molecule has 0 saturated carbocycles. The van der Waals surface area contributed by atoms with Crippen molar-refractivity contribution in [3.63, 3.8) is 0 Å². The second-order valence-corrected chi connectivity index (χ2v) is 8.28. The van der Waals surface area contributed by atoms with E-state index in [-0.39, 0.29) is 12.5 Å². The first kappa shape index (κ1) is 21.1. The summed E-state index contributed by atoms with van der Waals surface area (Å²) in [5, 5.41) is 12.4. The molecule has 2 aliphatic rings. The molecule has 0 unspecified atom stereocenters. The molecule has 0 bridgehead atoms. The summed E-state index contributed by atoms with van der Waals surface area (Å²) in [6.45, 7) is 4.47. The molecule has 4 rings (SSSR count). The quantitative estimate of drug-likeness (QED) is 0.464. The van der Waals surface area contributed by atoms with Crippen molar-refractivity contribution in [2.45, 2.75) is 31.2 Å². The molecule has 1 aliphatic carbocycles. The lowest BCUT2D eigenvalue weighted by molar-refractivity contribution is -0.167. The van der Waals surface area contributed by atoms with E-state index in [0.717, 1.165) is 35.1 Å². The molecule has 1 saturated heterocycles. The van der Waals surface area contributed by atoms with Crippen LogP contribution in [-0.2, 0) is 14.3 Å². The van der Waals surface area contributed by atoms with E-state index in [4.69, 9.17) is 9.47 Å². The maximum atomic E-state index is 12.6. The van der Waals surface area contributed by atoms with Crippen LogP contribution in [0.2, 0.25) is 0 Å². The zero-order valence-electron chi connectivity index (χ0n) is 17.4. The lowest BCUT2D eigenvalue weighted by Crippen LogP contribution is -2.61. The molecule has 0 spiro atoms. The molecule has 31 heavy (non-hydrogen) atoms. The smallest absolute Gasteiger partial charge is 0.407 e. The largest absolute Gasteiger partial charge is 0.480 e. The van der Waals surface area contributed by atoms with Crippen molar-refractivity contribution in [1.82, 2.24) is 5.32 Å². The fraction of sp³-hybridized carbons (Fsp3) is 0.360. The summed E-state index contributed by atoms with van der Waals surface area (Å²) in [6.07, 6.45) is 3.31. The van der Waals surface area contributed by atoms with Gasteiger partial charge in [0.1, 0.15) is 12.6 Å². The van der Waals surface area contributed by atoms with Crippen LogP contribution >= 0.6 is 0 Å². The van der Waals surface area contributed by atoms with Gasteiger partial charge in [-0.25, -0.2) is 9.59 Å². The van der Waals surface area contributed by atoms with Gasteiger partial charge in [0, 0.05) is 11.3 Å². The average Bonchev–Trinajstić information content (AvgIpc) is 3.06. The molecular formula is C25H27NO5. The SMILES string of the molecule is C=CCCCC1([C@H](NC(=O)OCC2c3ccccc3-c3ccccc32)C(=O)O)COC1. The molecule has 1 fully saturated rings. The normalized spacial score (nSPS) is 17.0. The number of nitrogens with one attached hydrogen (secondary N) is 1. The van der Waals surface area contributed by atoms with Gasteiger partial charge >= 0.3 is 12.1 Å². The van der Waals surface area contributed by atoms with Crippen LogP contribution in [0.15, 0.2) is 61.2 Å². The number of allylic oxidation sites excluding steroid dienone is 1. The van der Waals surface area contributed by atoms with Gasteiger partial charge in [0.2, 0.25) is 0 Å². The van der Waals surface area contributed by atoms with E-state index < -0.39 is 23.5 Å². The van der Waals surface area contributed by atoms with Crippen molar-refractivity contribution < 1.29 is 24.2 Å². The fourth-order valence-electron chi connectivity index (χ4n) is 4.65. The number of carboxylic acids is 1. The zero-order chi connectivity index (χ0) is 21.8. The summed E-state index contributed by atoms with van der Waals surface area (Å²) in [5.74, 6) is -1.15. The number of carboxylic acid groups (broad SMARTS) is 1. The van der Waals surface area contributed by atoms with Crippen LogP contribution in [0.1, 0.15) is 36.3 Å². The number of rotatable bonds is 9. The van der Waals surface area contributed by atoms with Gasteiger partial charge in [0.15, 0.2) is 0 Å². The van der Waals surface area contributed by atoms with Crippen LogP contribution in [0.4, 0.5) is 4.79 Å². The molecule has 6 heteroatoms. The molecule has 1 amide bonds. The highest BCUT2D eigenvalue weighted by Gasteiger charge is 2.49. The summed E-state index contributed by atoms with van der Waals surface area (Å²) < 4.78 is 10.9. The van der Waals surface area contributed by atoms with Gasteiger partial charge in [-0.15, -0.1) is 6.58 Å². The number of aliphatic carboxylic acids is 1. The monoisotopic (exact) mass is 421 g/mol. The van der Waals surface area contributed by atoms with Crippen molar-refractivity contribution >= 4 is 12.1 Å². The number of hydrogen-bond acceptors (Lipinski definition) is 4. The predicted molar refractivity (Wildman–Crippen MR) is 117 cm³/mol. The maximum absolute atomic E-state index is 12.6. The Kier molecular flexibility index (Phi) is 6.09. The second-order valence-electron chi connectivity index (χ2n) is 8.28. The Hall–Kier alpha value is -3.12. The van der Waals surface area contributed by atoms with E-state index in [9.17, 15) is 14.7 Å². The summed E-state index contributed by atoms with van der Waals surface area (Å²) in [7, 11) is 0. The Morgan fingerprint density at radius 1 is 1.16 bits per heavy atom. The van der Waals surface area contributed by atoms with Gasteiger partial charge in [-0.2, -0.15) is 0 Å². The molecule has 6 nitrogen and oxygen atoms in total. The number of hydrogen-bond donors (Lipinski definition) is 2. The summed E-state index contributed by atoms with van der Waals surface area (Å²) in [4.78, 5) is 24.6. The Morgan fingerprint density at radius 2 is 1.77 bits per heavy atom. The van der Waals surface area contributed by atoms with Crippen LogP contribution in [-0.4, -0.2) is 43.0 Å². The van der Waals surface area contributed by atoms with Gasteiger partial charge in [-0.05, 0) is 41.5 Å². The number of carbonyl (C=O) groups is 2. The number of benzene rings is 2. The van der Waals surface area contributed by atoms with Crippen molar-refractivity contribution in [3.05, 3.63) is 72.3 Å². The number of ether oxygens (including phenoxy) is 2. The standard InChI is InChI=1S/C25H27NO5/c1-2-3-8-13-25(15-30-16-25)22(23(27)28)26-24(29)31-14-21-19-11-6-4-9-17(19)18-10-5-7-12-20(18)21/h2,4-7,9-12,21-22H,1,3,8,13-16H2,(H,26,29)(H,27,28)/t22-/m1/s1. The van der Waals surface area contributed by atoms with Gasteiger partial charge < -0.3 is 19.9 Å². The maximum Gasteiger partial charge on any atom is 0.407 e. The van der Waals surface area contributed by atoms with Crippen LogP contribution in [0.3, 0.4) is 0 Å². The molecule has 162 valence electrons. The van der Waals surface area contributed by atoms with Crippen LogP contribution in [0, 0.1) is 5.41 Å². The molecule has 1 aliphatic heterocycles. The fourth-order valence-corrected chi connectivity index (χ4v) is 4.65. The number of carbonyl (C=O) groups excluding carboxylic acids is 1. The summed E-state index contributed by atoms with van der Waals surface area (Å²) in [6, 6.07) is 15.1. The highest BCUT2D eigenvalue weighted by molar-refractivity contribution is 5.82. The van der Waals surface area contributed by atoms with Gasteiger partial charge in [0.25, 0.3) is 0 Å². The van der Waals surface area contributed by atoms with Gasteiger partial charge in [-0.1, -0.05) is 54.6 Å². The summed E-state index contributed by atoms with van der Waals surface area (Å²) >= 11 is 0. The Bertz CT molecular complexity index is 936. The third kappa shape index (κ3) is 4.08. The molecule has 1 heterocycles. The molecule has 2 aromatic rings. The van der Waals surface area contributed by atoms with E-state index in [1.165, 1.54) is 0 Å². The lowest BCUT2D eigenvalue weighted by atomic mass is 9.74. The number of unbranched alkanes of at least 4 members (excludes halogenated alkanes) is 1. The van der Waals surface area contributed by atoms with E-state index >= 15 is 0 Å². The Morgan fingerprint density at radius 3 is 2.29 bits per heavy atom. The minimum atomic E-state index is -1.07. The first-order chi connectivity index (χ1) is 15.1. The van der Waals surface area contributed by atoms with Crippen molar-refractivity contribution in [2.75, 3.05) is 19.8 Å². The molecule has 2 aromatic carbocycles. The molecule has 2 N–H and O–H groups in total. The average molecular weight is 421 g/mol. The molecule has 1 atom stereocenters. The molecule has 0 radical (unpaired) electrons. The first-order valence-electron chi connectivity index (χ1n) is 10.6. The zero-order valence-corrected chi connectivity index (χ0v) is 17.4. The van der Waals surface area contributed by atoms with E-state index in [1.807, 2.05) is 42.5 Å². The van der Waals surface area contributed by atoms with Crippen LogP contribution in [0.25, 0.3) is 11.1 Å². The third-order valence-electron chi connectivity index (χ3n) is 6.33. The van der Waals surface area contributed by atoms with Crippen molar-refractivity contribution in [1.29, 1.82) is 0 Å². The third-order valence-corrected chi connectivity index (χ3v) is 6.33. The van der Waals surface area contributed by atoms with E-state index in [1.54, 1.807) is 0 Å². The molecule has 0 aromatic heterocycles. The molecular weight excluding hydrogens is 394 g/mol. The topological polar surface area (TPSA) is 84.9 Å². The van der Waals surface area contributed by atoms with E-state index in [2.05, 4.69) is 24.0 Å². The lowest BCUT2D eigenvalue weighted by Gasteiger charge is -2.45. The highest BCUT2D eigenvalue weighted by Crippen LogP contribution is 2.44. The second kappa shape index (κ2) is 8.94. The van der Waals surface area contributed by atoms with Crippen molar-refractivity contribution in [3.8, 4) is 11.1 Å². The number of amides is 1. The van der Waals surface area contributed by atoms with Gasteiger partial charge in [0.05, 0.1) is 13.2 Å². The Balaban J connectivity index is 1.44. The van der Waals surface area contributed by atoms with Crippen molar-refractivity contribution in [2.24, 2.45) is 5.41 Å². The predicted octanol–water partition coefficient (Wildman–Crippen LogP) is 4.35. The minimum absolute atomic E-state index is 0.0741. The van der Waals surface area contributed by atoms with Crippen LogP contribution in [0.5, 0.6) is 0 Å². The highest BCUT2D eigenvalue weighted by atomic mass is 16.5. The van der Waals surface area contributed by atoms with Gasteiger partial charge in [-0.3, -0.25) is 0 Å². The first-order valence-corrected chi connectivity index (χ1v) is 10.6.